The number of nitrogens with one attached hydrogen (secondary N) is 1. The first-order valence-corrected chi connectivity index (χ1v) is 6.41. The Kier molecular flexibility index (Phi) is 4.29. The Balaban J connectivity index is 2.77. The molecule has 0 saturated heterocycles. The molecule has 0 aliphatic heterocycles. The first-order chi connectivity index (χ1) is 10.9. The van der Waals surface area contributed by atoms with Crippen molar-refractivity contribution in [3.63, 3.8) is 0 Å². The van der Waals surface area contributed by atoms with Gasteiger partial charge in [0.05, 0.1) is 23.0 Å². The molecule has 0 fully saturated rings. The van der Waals surface area contributed by atoms with Crippen molar-refractivity contribution in [2.45, 2.75) is 25.3 Å². The van der Waals surface area contributed by atoms with Gasteiger partial charge in [0.1, 0.15) is 11.6 Å². The molecule has 0 saturated carbocycles. The number of halogens is 6. The highest BCUT2D eigenvalue weighted by Gasteiger charge is 2.39. The fourth-order valence-corrected chi connectivity index (χ4v) is 1.96. The first kappa shape index (κ1) is 17.8. The number of anilines is 1. The van der Waals surface area contributed by atoms with Gasteiger partial charge in [-0.25, -0.2) is 0 Å². The summed E-state index contributed by atoms with van der Waals surface area (Å²) in [6.07, 6.45) is -9.14. The first-order valence-electron chi connectivity index (χ1n) is 6.41. The topological polar surface area (TPSA) is 80.9 Å². The predicted molar refractivity (Wildman–Crippen MR) is 71.8 cm³/mol. The lowest BCUT2D eigenvalue weighted by atomic mass is 10.0. The molecule has 0 radical (unpaired) electrons. The largest absolute Gasteiger partial charge is 0.418 e. The second kappa shape index (κ2) is 5.80. The maximum atomic E-state index is 13.1. The number of alkyl halides is 6. The van der Waals surface area contributed by atoms with Crippen molar-refractivity contribution in [2.24, 2.45) is 5.73 Å². The third-order valence-corrected chi connectivity index (χ3v) is 3.18. The molecule has 0 spiro atoms. The number of fused-ring (bicyclic) bond motifs is 1. The van der Waals surface area contributed by atoms with Crippen LogP contribution in [-0.2, 0) is 17.1 Å². The second-order valence-corrected chi connectivity index (χ2v) is 4.94. The number of aromatic nitrogens is 2. The fraction of sp³-hybridized carbons (Fsp3) is 0.308. The maximum Gasteiger partial charge on any atom is 0.418 e. The van der Waals surface area contributed by atoms with Crippen LogP contribution in [0.25, 0.3) is 10.9 Å². The normalized spacial score (nSPS) is 13.8. The van der Waals surface area contributed by atoms with Crippen LogP contribution in [0.2, 0.25) is 0 Å². The number of hydrogen-bond donors (Lipinski definition) is 2. The number of rotatable bonds is 3. The number of carbonyl (C=O) groups is 1. The predicted octanol–water partition coefficient (Wildman–Crippen LogP) is 2.95. The molecule has 2 aromatic rings. The summed E-state index contributed by atoms with van der Waals surface area (Å²) in [5, 5.41) is 8.59. The van der Waals surface area contributed by atoms with E-state index < -0.39 is 46.3 Å². The number of carbonyl (C=O) groups excluding carboxylic acids is 1. The molecular formula is C13H10F6N4O. The van der Waals surface area contributed by atoms with Gasteiger partial charge < -0.3 is 11.1 Å². The molecule has 1 aromatic carbocycles. The minimum atomic E-state index is -5.07. The fourth-order valence-electron chi connectivity index (χ4n) is 1.96. The summed E-state index contributed by atoms with van der Waals surface area (Å²) in [7, 11) is 0. The summed E-state index contributed by atoms with van der Waals surface area (Å²) in [5.74, 6) is -0.844. The molecule has 1 amide bonds. The molecule has 0 aliphatic rings. The molecule has 1 atom stereocenters. The van der Waals surface area contributed by atoms with Gasteiger partial charge in [0, 0.05) is 5.39 Å². The maximum absolute atomic E-state index is 13.1. The van der Waals surface area contributed by atoms with Crippen molar-refractivity contribution < 1.29 is 31.1 Å². The number of hydrogen-bond acceptors (Lipinski definition) is 4. The van der Waals surface area contributed by atoms with E-state index in [0.29, 0.717) is 6.07 Å². The Morgan fingerprint density at radius 1 is 1.17 bits per heavy atom. The van der Waals surface area contributed by atoms with E-state index in [1.807, 2.05) is 0 Å². The molecule has 130 valence electrons. The number of nitrogens with two attached hydrogens (primary N) is 1. The van der Waals surface area contributed by atoms with E-state index in [1.165, 1.54) is 6.92 Å². The highest BCUT2D eigenvalue weighted by atomic mass is 19.4. The van der Waals surface area contributed by atoms with Gasteiger partial charge in [0.25, 0.3) is 0 Å². The standard InChI is InChI=1S/C13H10F6N4O/c1-5(11(20)24)22-9-4-21-23-10-7(9)2-6(12(14,15)16)3-8(10)13(17,18)19/h2-5H,1H3,(H2,20,24)(H,22,23). The molecule has 0 bridgehead atoms. The van der Waals surface area contributed by atoms with Gasteiger partial charge in [-0.15, -0.1) is 5.10 Å². The van der Waals surface area contributed by atoms with E-state index in [9.17, 15) is 31.1 Å². The summed E-state index contributed by atoms with van der Waals surface area (Å²) in [4.78, 5) is 11.1. The lowest BCUT2D eigenvalue weighted by Gasteiger charge is -2.17. The summed E-state index contributed by atoms with van der Waals surface area (Å²) in [6, 6.07) is -0.561. The van der Waals surface area contributed by atoms with Crippen LogP contribution < -0.4 is 11.1 Å². The van der Waals surface area contributed by atoms with Gasteiger partial charge in [-0.3, -0.25) is 4.79 Å². The van der Waals surface area contributed by atoms with E-state index in [2.05, 4.69) is 15.5 Å². The van der Waals surface area contributed by atoms with Gasteiger partial charge in [-0.05, 0) is 19.1 Å². The number of benzene rings is 1. The zero-order chi connectivity index (χ0) is 18.3. The van der Waals surface area contributed by atoms with Gasteiger partial charge in [0.2, 0.25) is 5.91 Å². The Labute approximate surface area is 130 Å². The van der Waals surface area contributed by atoms with Crippen molar-refractivity contribution in [2.75, 3.05) is 5.32 Å². The van der Waals surface area contributed by atoms with E-state index in [4.69, 9.17) is 5.73 Å². The van der Waals surface area contributed by atoms with Crippen LogP contribution in [0.3, 0.4) is 0 Å². The number of amides is 1. The molecular weight excluding hydrogens is 342 g/mol. The van der Waals surface area contributed by atoms with Crippen LogP contribution in [-0.4, -0.2) is 22.1 Å². The minimum absolute atomic E-state index is 0.0295. The zero-order valence-electron chi connectivity index (χ0n) is 12.0. The van der Waals surface area contributed by atoms with Crippen molar-refractivity contribution in [3.05, 3.63) is 29.5 Å². The average molecular weight is 352 g/mol. The van der Waals surface area contributed by atoms with Crippen LogP contribution in [0, 0.1) is 0 Å². The Morgan fingerprint density at radius 2 is 1.79 bits per heavy atom. The van der Waals surface area contributed by atoms with Crippen molar-refractivity contribution in [1.29, 1.82) is 0 Å². The average Bonchev–Trinajstić information content (AvgIpc) is 2.44. The van der Waals surface area contributed by atoms with Crippen molar-refractivity contribution >= 4 is 22.5 Å². The van der Waals surface area contributed by atoms with Crippen LogP contribution in [0.15, 0.2) is 18.3 Å². The second-order valence-electron chi connectivity index (χ2n) is 4.94. The highest BCUT2D eigenvalue weighted by Crippen LogP contribution is 2.40. The molecule has 1 heterocycles. The zero-order valence-corrected chi connectivity index (χ0v) is 12.0. The molecule has 24 heavy (non-hydrogen) atoms. The highest BCUT2D eigenvalue weighted by molar-refractivity contribution is 5.95. The van der Waals surface area contributed by atoms with Gasteiger partial charge in [-0.2, -0.15) is 31.4 Å². The summed E-state index contributed by atoms with van der Waals surface area (Å²) in [6.45, 7) is 1.30. The summed E-state index contributed by atoms with van der Waals surface area (Å²) in [5.41, 5.74) is 0.974. The molecule has 0 aliphatic carbocycles. The molecule has 5 nitrogen and oxygen atoms in total. The minimum Gasteiger partial charge on any atom is -0.372 e. The van der Waals surface area contributed by atoms with Crippen molar-refractivity contribution in [1.82, 2.24) is 10.2 Å². The Morgan fingerprint density at radius 3 is 2.29 bits per heavy atom. The van der Waals surface area contributed by atoms with E-state index in [0.717, 1.165) is 6.20 Å². The van der Waals surface area contributed by atoms with Crippen LogP contribution in [0.5, 0.6) is 0 Å². The lowest BCUT2D eigenvalue weighted by Crippen LogP contribution is -2.32. The SMILES string of the molecule is CC(Nc1cnnc2c(C(F)(F)F)cc(C(F)(F)F)cc12)C(N)=O. The molecule has 2 rings (SSSR count). The van der Waals surface area contributed by atoms with Gasteiger partial charge in [-0.1, -0.05) is 0 Å². The third-order valence-electron chi connectivity index (χ3n) is 3.18. The van der Waals surface area contributed by atoms with Crippen LogP contribution in [0.4, 0.5) is 32.0 Å². The van der Waals surface area contributed by atoms with Gasteiger partial charge >= 0.3 is 12.4 Å². The van der Waals surface area contributed by atoms with E-state index >= 15 is 0 Å². The van der Waals surface area contributed by atoms with E-state index in [1.54, 1.807) is 0 Å². The van der Waals surface area contributed by atoms with Crippen LogP contribution >= 0.6 is 0 Å². The summed E-state index contributed by atoms with van der Waals surface area (Å²) < 4.78 is 78.0. The molecule has 3 N–H and O–H groups in total. The third kappa shape index (κ3) is 3.49. The van der Waals surface area contributed by atoms with Gasteiger partial charge in [0.15, 0.2) is 0 Å². The summed E-state index contributed by atoms with van der Waals surface area (Å²) >= 11 is 0. The number of primary amides is 1. The van der Waals surface area contributed by atoms with Crippen LogP contribution in [0.1, 0.15) is 18.1 Å². The Bertz CT molecular complexity index is 786. The quantitative estimate of drug-likeness (QED) is 0.833. The smallest absolute Gasteiger partial charge is 0.372 e. The monoisotopic (exact) mass is 352 g/mol. The van der Waals surface area contributed by atoms with Crippen molar-refractivity contribution in [3.8, 4) is 0 Å². The molecule has 1 unspecified atom stereocenters. The Hall–Kier alpha value is -2.59. The van der Waals surface area contributed by atoms with E-state index in [-0.39, 0.29) is 11.8 Å². The molecule has 11 heteroatoms. The lowest BCUT2D eigenvalue weighted by molar-refractivity contribution is -0.142. The molecule has 1 aromatic heterocycles. The number of nitrogens with zero attached hydrogens (tertiary/aromatic N) is 2.